The largest absolute Gasteiger partial charge is 0.448 e. The Bertz CT molecular complexity index is 845. The molecule has 1 saturated heterocycles. The van der Waals surface area contributed by atoms with Crippen molar-refractivity contribution < 1.29 is 13.6 Å². The van der Waals surface area contributed by atoms with Crippen molar-refractivity contribution in [1.29, 1.82) is 0 Å². The maximum atomic E-state index is 6.05. The molecule has 0 aliphatic carbocycles. The zero-order valence-corrected chi connectivity index (χ0v) is 15.0. The molecule has 3 aromatic rings. The van der Waals surface area contributed by atoms with Crippen molar-refractivity contribution in [2.45, 2.75) is 39.0 Å². The fourth-order valence-electron chi connectivity index (χ4n) is 3.30. The van der Waals surface area contributed by atoms with E-state index >= 15 is 0 Å². The first kappa shape index (κ1) is 16.9. The number of rotatable bonds is 5. The summed E-state index contributed by atoms with van der Waals surface area (Å²) in [5.41, 5.74) is 1.89. The molecular formula is C19H22N4O3. The van der Waals surface area contributed by atoms with Crippen molar-refractivity contribution in [3.05, 3.63) is 53.9 Å². The second kappa shape index (κ2) is 7.39. The third kappa shape index (κ3) is 3.54. The molecule has 0 amide bonds. The third-order valence-corrected chi connectivity index (χ3v) is 4.47. The summed E-state index contributed by atoms with van der Waals surface area (Å²) in [5, 5.41) is 8.34. The van der Waals surface area contributed by atoms with Crippen molar-refractivity contribution >= 4 is 0 Å². The van der Waals surface area contributed by atoms with E-state index < -0.39 is 0 Å². The Morgan fingerprint density at radius 3 is 2.81 bits per heavy atom. The topological polar surface area (TPSA) is 77.4 Å². The lowest BCUT2D eigenvalue weighted by molar-refractivity contribution is -0.0914. The lowest BCUT2D eigenvalue weighted by Crippen LogP contribution is -2.42. The Kier molecular flexibility index (Phi) is 4.81. The highest BCUT2D eigenvalue weighted by Gasteiger charge is 2.31. The second-order valence-electron chi connectivity index (χ2n) is 6.54. The van der Waals surface area contributed by atoms with Crippen LogP contribution in [0.3, 0.4) is 0 Å². The molecule has 0 N–H and O–H groups in total. The van der Waals surface area contributed by atoms with E-state index in [-0.39, 0.29) is 12.2 Å². The zero-order valence-electron chi connectivity index (χ0n) is 15.0. The molecule has 0 spiro atoms. The highest BCUT2D eigenvalue weighted by molar-refractivity contribution is 5.48. The van der Waals surface area contributed by atoms with E-state index in [1.165, 1.54) is 12.0 Å². The van der Waals surface area contributed by atoms with Gasteiger partial charge in [0.05, 0.1) is 6.10 Å². The minimum atomic E-state index is -0.249. The van der Waals surface area contributed by atoms with Gasteiger partial charge >= 0.3 is 0 Å². The summed E-state index contributed by atoms with van der Waals surface area (Å²) in [5.74, 6) is 1.60. The monoisotopic (exact) mass is 354 g/mol. The van der Waals surface area contributed by atoms with Crippen LogP contribution in [-0.4, -0.2) is 39.3 Å². The van der Waals surface area contributed by atoms with Gasteiger partial charge in [-0.05, 0) is 12.5 Å². The molecule has 0 radical (unpaired) electrons. The van der Waals surface area contributed by atoms with E-state index in [1.807, 2.05) is 13.0 Å². The summed E-state index contributed by atoms with van der Waals surface area (Å²) in [6, 6.07) is 10.4. The fraction of sp³-hybridized carbons (Fsp3) is 0.421. The first-order chi connectivity index (χ1) is 12.7. The van der Waals surface area contributed by atoms with E-state index in [4.69, 9.17) is 13.6 Å². The third-order valence-electron chi connectivity index (χ3n) is 4.47. The number of hydrogen-bond acceptors (Lipinski definition) is 7. The van der Waals surface area contributed by atoms with Crippen LogP contribution >= 0.6 is 0 Å². The molecule has 2 atom stereocenters. The van der Waals surface area contributed by atoms with Gasteiger partial charge in [-0.25, -0.2) is 4.98 Å². The molecule has 136 valence electrons. The lowest BCUT2D eigenvalue weighted by Gasteiger charge is -2.35. The number of benzene rings is 1. The van der Waals surface area contributed by atoms with Crippen molar-refractivity contribution in [3.63, 3.8) is 0 Å². The average molecular weight is 354 g/mol. The SMILES string of the molecule is CCc1ocnc1-c1nnc([C@H]2CN(Cc3ccccc3)C[C@@H](C)O2)o1. The Balaban J connectivity index is 1.50. The number of hydrogen-bond donors (Lipinski definition) is 0. The molecule has 0 unspecified atom stereocenters. The van der Waals surface area contributed by atoms with Gasteiger partial charge in [0, 0.05) is 26.1 Å². The van der Waals surface area contributed by atoms with Crippen LogP contribution in [0, 0.1) is 0 Å². The van der Waals surface area contributed by atoms with Crippen LogP contribution in [0.25, 0.3) is 11.6 Å². The van der Waals surface area contributed by atoms with E-state index in [0.29, 0.717) is 24.0 Å². The first-order valence-electron chi connectivity index (χ1n) is 8.90. The predicted octanol–water partition coefficient (Wildman–Crippen LogP) is 3.25. The maximum Gasteiger partial charge on any atom is 0.270 e. The lowest BCUT2D eigenvalue weighted by atomic mass is 10.1. The zero-order chi connectivity index (χ0) is 17.9. The Morgan fingerprint density at radius 2 is 2.00 bits per heavy atom. The number of morpholine rings is 1. The van der Waals surface area contributed by atoms with Crippen LogP contribution in [0.4, 0.5) is 0 Å². The van der Waals surface area contributed by atoms with Gasteiger partial charge in [-0.3, -0.25) is 4.90 Å². The molecule has 1 aliphatic heterocycles. The van der Waals surface area contributed by atoms with Gasteiger partial charge in [0.25, 0.3) is 5.89 Å². The normalized spacial score (nSPS) is 21.2. The number of oxazole rings is 1. The molecule has 26 heavy (non-hydrogen) atoms. The standard InChI is InChI=1S/C19H22N4O3/c1-3-15-17(20-12-24-15)19-22-21-18(26-19)16-11-23(9-13(2)25-16)10-14-7-5-4-6-8-14/h4-8,12-13,16H,3,9-11H2,1-2H3/t13-,16-/m1/s1. The molecule has 7 heteroatoms. The number of aryl methyl sites for hydroxylation is 1. The van der Waals surface area contributed by atoms with Crippen molar-refractivity contribution in [2.24, 2.45) is 0 Å². The summed E-state index contributed by atoms with van der Waals surface area (Å²) in [4.78, 5) is 6.54. The minimum absolute atomic E-state index is 0.0889. The van der Waals surface area contributed by atoms with Gasteiger partial charge in [-0.15, -0.1) is 10.2 Å². The predicted molar refractivity (Wildman–Crippen MR) is 94.2 cm³/mol. The van der Waals surface area contributed by atoms with E-state index in [1.54, 1.807) is 0 Å². The summed E-state index contributed by atoms with van der Waals surface area (Å²) < 4.78 is 17.3. The van der Waals surface area contributed by atoms with Gasteiger partial charge in [0.15, 0.2) is 12.1 Å². The molecule has 3 heterocycles. The van der Waals surface area contributed by atoms with Crippen molar-refractivity contribution in [1.82, 2.24) is 20.1 Å². The van der Waals surface area contributed by atoms with Crippen molar-refractivity contribution in [3.8, 4) is 11.6 Å². The molecule has 1 aromatic carbocycles. The molecule has 1 fully saturated rings. The molecular weight excluding hydrogens is 332 g/mol. The van der Waals surface area contributed by atoms with Crippen LogP contribution in [0.5, 0.6) is 0 Å². The summed E-state index contributed by atoms with van der Waals surface area (Å²) in [6.07, 6.45) is 1.96. The molecule has 4 rings (SSSR count). The number of ether oxygens (including phenoxy) is 1. The summed E-state index contributed by atoms with van der Waals surface area (Å²) >= 11 is 0. The smallest absolute Gasteiger partial charge is 0.270 e. The Labute approximate surface area is 152 Å². The number of aromatic nitrogens is 3. The Hall–Kier alpha value is -2.51. The fourth-order valence-corrected chi connectivity index (χ4v) is 3.30. The van der Waals surface area contributed by atoms with E-state index in [0.717, 1.165) is 25.3 Å². The first-order valence-corrected chi connectivity index (χ1v) is 8.90. The summed E-state index contributed by atoms with van der Waals surface area (Å²) in [7, 11) is 0. The van der Waals surface area contributed by atoms with Gasteiger partial charge in [0.1, 0.15) is 11.9 Å². The quantitative estimate of drug-likeness (QED) is 0.696. The molecule has 0 saturated carbocycles. The molecule has 0 bridgehead atoms. The average Bonchev–Trinajstić information content (AvgIpc) is 3.31. The van der Waals surface area contributed by atoms with E-state index in [2.05, 4.69) is 51.3 Å². The van der Waals surface area contributed by atoms with Gasteiger partial charge < -0.3 is 13.6 Å². The van der Waals surface area contributed by atoms with Crippen molar-refractivity contribution in [2.75, 3.05) is 13.1 Å². The summed E-state index contributed by atoms with van der Waals surface area (Å²) in [6.45, 7) is 6.51. The molecule has 7 nitrogen and oxygen atoms in total. The van der Waals surface area contributed by atoms with E-state index in [9.17, 15) is 0 Å². The number of nitrogens with zero attached hydrogens (tertiary/aromatic N) is 4. The highest BCUT2D eigenvalue weighted by atomic mass is 16.5. The second-order valence-corrected chi connectivity index (χ2v) is 6.54. The molecule has 2 aromatic heterocycles. The minimum Gasteiger partial charge on any atom is -0.448 e. The van der Waals surface area contributed by atoms with Crippen LogP contribution in [0.2, 0.25) is 0 Å². The Morgan fingerprint density at radius 1 is 1.15 bits per heavy atom. The van der Waals surface area contributed by atoms with Crippen LogP contribution < -0.4 is 0 Å². The van der Waals surface area contributed by atoms with Gasteiger partial charge in [-0.2, -0.15) is 0 Å². The van der Waals surface area contributed by atoms with Gasteiger partial charge in [0.2, 0.25) is 5.89 Å². The highest BCUT2D eigenvalue weighted by Crippen LogP contribution is 2.28. The molecule has 1 aliphatic rings. The maximum absolute atomic E-state index is 6.05. The van der Waals surface area contributed by atoms with Crippen LogP contribution in [0.1, 0.15) is 37.2 Å². The van der Waals surface area contributed by atoms with Crippen LogP contribution in [0.15, 0.2) is 45.6 Å². The van der Waals surface area contributed by atoms with Crippen LogP contribution in [-0.2, 0) is 17.7 Å². The van der Waals surface area contributed by atoms with Gasteiger partial charge in [-0.1, -0.05) is 37.3 Å².